The predicted octanol–water partition coefficient (Wildman–Crippen LogP) is 3.68. The molecule has 0 amide bonds. The van der Waals surface area contributed by atoms with Crippen LogP contribution in [0, 0.1) is 0 Å². The first-order valence-corrected chi connectivity index (χ1v) is 5.47. The van der Waals surface area contributed by atoms with E-state index in [0.29, 0.717) is 6.61 Å². The van der Waals surface area contributed by atoms with Crippen molar-refractivity contribution in [1.29, 1.82) is 0 Å². The molecule has 0 bridgehead atoms. The Morgan fingerprint density at radius 1 is 1.44 bits per heavy atom. The van der Waals surface area contributed by atoms with Crippen LogP contribution < -0.4 is 5.32 Å². The molecule has 1 N–H and O–H groups in total. The van der Waals surface area contributed by atoms with Gasteiger partial charge in [-0.1, -0.05) is 30.9 Å². The third-order valence-electron chi connectivity index (χ3n) is 2.43. The summed E-state index contributed by atoms with van der Waals surface area (Å²) in [5.74, 6) is 0.903. The molecule has 0 spiro atoms. The van der Waals surface area contributed by atoms with E-state index < -0.39 is 0 Å². The minimum Gasteiger partial charge on any atom is -0.498 e. The van der Waals surface area contributed by atoms with Gasteiger partial charge in [0.25, 0.3) is 0 Å². The smallest absolute Gasteiger partial charge is 0.101 e. The van der Waals surface area contributed by atoms with Crippen molar-refractivity contribution in [3.63, 3.8) is 0 Å². The summed E-state index contributed by atoms with van der Waals surface area (Å²) in [5.41, 5.74) is 3.23. The summed E-state index contributed by atoms with van der Waals surface area (Å²) in [6.07, 6.45) is 1.83. The normalized spacial score (nSPS) is 11.7. The molecular weight excluding hydrogens is 198 g/mol. The summed E-state index contributed by atoms with van der Waals surface area (Å²) < 4.78 is 5.53. The fourth-order valence-electron chi connectivity index (χ4n) is 1.67. The first-order valence-electron chi connectivity index (χ1n) is 5.47. The molecule has 0 aliphatic heterocycles. The van der Waals surface area contributed by atoms with E-state index in [9.17, 15) is 0 Å². The number of anilines is 1. The molecule has 0 aromatic heterocycles. The van der Waals surface area contributed by atoms with Crippen molar-refractivity contribution in [2.75, 3.05) is 19.0 Å². The predicted molar refractivity (Wildman–Crippen MR) is 70.4 cm³/mol. The van der Waals surface area contributed by atoms with Crippen LogP contribution >= 0.6 is 0 Å². The molecule has 0 radical (unpaired) electrons. The SMILES string of the molecule is C=C/C(=C(/C)OCC)c1ccccc1NC. The Morgan fingerprint density at radius 2 is 2.12 bits per heavy atom. The van der Waals surface area contributed by atoms with E-state index in [-0.39, 0.29) is 0 Å². The molecule has 86 valence electrons. The quantitative estimate of drug-likeness (QED) is 0.600. The van der Waals surface area contributed by atoms with Crippen LogP contribution in [0.4, 0.5) is 5.69 Å². The molecule has 16 heavy (non-hydrogen) atoms. The minimum absolute atomic E-state index is 0.672. The molecule has 0 aliphatic rings. The van der Waals surface area contributed by atoms with E-state index >= 15 is 0 Å². The summed E-state index contributed by atoms with van der Waals surface area (Å²) in [7, 11) is 1.91. The van der Waals surface area contributed by atoms with Gasteiger partial charge in [0.15, 0.2) is 0 Å². The zero-order valence-corrected chi connectivity index (χ0v) is 10.2. The zero-order valence-electron chi connectivity index (χ0n) is 10.2. The van der Waals surface area contributed by atoms with Gasteiger partial charge in [0.05, 0.1) is 6.61 Å². The lowest BCUT2D eigenvalue weighted by Crippen LogP contribution is -1.97. The number of para-hydroxylation sites is 1. The fraction of sp³-hybridized carbons (Fsp3) is 0.286. The number of rotatable bonds is 5. The van der Waals surface area contributed by atoms with Crippen LogP contribution in [0.15, 0.2) is 42.7 Å². The van der Waals surface area contributed by atoms with Crippen LogP contribution in [0.3, 0.4) is 0 Å². The first kappa shape index (κ1) is 12.4. The van der Waals surface area contributed by atoms with Gasteiger partial charge < -0.3 is 10.1 Å². The number of ether oxygens (including phenoxy) is 1. The molecule has 2 heteroatoms. The van der Waals surface area contributed by atoms with Crippen molar-refractivity contribution in [3.05, 3.63) is 48.2 Å². The van der Waals surface area contributed by atoms with E-state index in [2.05, 4.69) is 18.0 Å². The maximum atomic E-state index is 5.53. The van der Waals surface area contributed by atoms with Crippen LogP contribution in [0.1, 0.15) is 19.4 Å². The molecule has 1 aromatic rings. The number of hydrogen-bond acceptors (Lipinski definition) is 2. The van der Waals surface area contributed by atoms with Crippen LogP contribution in [-0.4, -0.2) is 13.7 Å². The molecule has 0 atom stereocenters. The molecule has 0 unspecified atom stereocenters. The maximum Gasteiger partial charge on any atom is 0.101 e. The third-order valence-corrected chi connectivity index (χ3v) is 2.43. The average Bonchev–Trinajstić information content (AvgIpc) is 2.31. The highest BCUT2D eigenvalue weighted by Gasteiger charge is 2.07. The Labute approximate surface area is 97.6 Å². The maximum absolute atomic E-state index is 5.53. The molecule has 0 heterocycles. The van der Waals surface area contributed by atoms with E-state index in [1.165, 1.54) is 0 Å². The van der Waals surface area contributed by atoms with Gasteiger partial charge in [-0.2, -0.15) is 0 Å². The fourth-order valence-corrected chi connectivity index (χ4v) is 1.67. The van der Waals surface area contributed by atoms with Gasteiger partial charge in [-0.25, -0.2) is 0 Å². The van der Waals surface area contributed by atoms with Crippen molar-refractivity contribution < 1.29 is 4.74 Å². The second kappa shape index (κ2) is 6.01. The minimum atomic E-state index is 0.672. The number of benzene rings is 1. The Kier molecular flexibility index (Phi) is 4.65. The Hall–Kier alpha value is -1.70. The highest BCUT2D eigenvalue weighted by molar-refractivity contribution is 5.82. The van der Waals surface area contributed by atoms with Gasteiger partial charge in [0, 0.05) is 23.9 Å². The van der Waals surface area contributed by atoms with Crippen LogP contribution in [0.25, 0.3) is 5.57 Å². The van der Waals surface area contributed by atoms with E-state index in [4.69, 9.17) is 4.74 Å². The highest BCUT2D eigenvalue weighted by atomic mass is 16.5. The number of hydrogen-bond donors (Lipinski definition) is 1. The molecule has 1 aromatic carbocycles. The standard InChI is InChI=1S/C14H19NO/c1-5-12(11(3)16-6-2)13-9-7-8-10-14(13)15-4/h5,7-10,15H,1,6H2,2-4H3/b12-11+. The lowest BCUT2D eigenvalue weighted by molar-refractivity contribution is 0.233. The second-order valence-electron chi connectivity index (χ2n) is 3.40. The van der Waals surface area contributed by atoms with Gasteiger partial charge in [-0.05, 0) is 19.9 Å². The van der Waals surface area contributed by atoms with Crippen LogP contribution in [0.2, 0.25) is 0 Å². The molecule has 0 aliphatic carbocycles. The Bertz CT molecular complexity index is 393. The van der Waals surface area contributed by atoms with Crippen molar-refractivity contribution in [2.24, 2.45) is 0 Å². The largest absolute Gasteiger partial charge is 0.498 e. The number of nitrogens with one attached hydrogen (secondary N) is 1. The van der Waals surface area contributed by atoms with Crippen LogP contribution in [0.5, 0.6) is 0 Å². The monoisotopic (exact) mass is 217 g/mol. The Morgan fingerprint density at radius 3 is 2.69 bits per heavy atom. The summed E-state index contributed by atoms with van der Waals surface area (Å²) in [6, 6.07) is 8.12. The first-order chi connectivity index (χ1) is 7.74. The molecule has 0 fully saturated rings. The summed E-state index contributed by atoms with van der Waals surface area (Å²) in [6.45, 7) is 8.47. The van der Waals surface area contributed by atoms with E-state index in [1.54, 1.807) is 0 Å². The second-order valence-corrected chi connectivity index (χ2v) is 3.40. The molecule has 2 nitrogen and oxygen atoms in total. The van der Waals surface area contributed by atoms with Gasteiger partial charge in [-0.15, -0.1) is 0 Å². The lowest BCUT2D eigenvalue weighted by atomic mass is 10.0. The van der Waals surface area contributed by atoms with Crippen molar-refractivity contribution >= 4 is 11.3 Å². The molecular formula is C14H19NO. The van der Waals surface area contributed by atoms with Gasteiger partial charge in [0.2, 0.25) is 0 Å². The molecule has 1 rings (SSSR count). The summed E-state index contributed by atoms with van der Waals surface area (Å²) in [5, 5.41) is 3.17. The van der Waals surface area contributed by atoms with Gasteiger partial charge >= 0.3 is 0 Å². The van der Waals surface area contributed by atoms with E-state index in [1.807, 2.05) is 45.2 Å². The van der Waals surface area contributed by atoms with Crippen molar-refractivity contribution in [1.82, 2.24) is 0 Å². The Balaban J connectivity index is 3.23. The topological polar surface area (TPSA) is 21.3 Å². The van der Waals surface area contributed by atoms with Crippen molar-refractivity contribution in [3.8, 4) is 0 Å². The molecule has 0 saturated carbocycles. The molecule has 0 saturated heterocycles. The van der Waals surface area contributed by atoms with Gasteiger partial charge in [-0.3, -0.25) is 0 Å². The number of allylic oxidation sites excluding steroid dienone is 3. The highest BCUT2D eigenvalue weighted by Crippen LogP contribution is 2.27. The zero-order chi connectivity index (χ0) is 12.0. The van der Waals surface area contributed by atoms with E-state index in [0.717, 1.165) is 22.6 Å². The van der Waals surface area contributed by atoms with Crippen LogP contribution in [-0.2, 0) is 4.74 Å². The average molecular weight is 217 g/mol. The summed E-state index contributed by atoms with van der Waals surface area (Å²) >= 11 is 0. The van der Waals surface area contributed by atoms with Gasteiger partial charge in [0.1, 0.15) is 5.76 Å². The third kappa shape index (κ3) is 2.66. The summed E-state index contributed by atoms with van der Waals surface area (Å²) in [4.78, 5) is 0. The lowest BCUT2D eigenvalue weighted by Gasteiger charge is -2.13. The van der Waals surface area contributed by atoms with Crippen molar-refractivity contribution in [2.45, 2.75) is 13.8 Å².